The Bertz CT molecular complexity index is 965. The second-order valence-corrected chi connectivity index (χ2v) is 7.10. The lowest BCUT2D eigenvalue weighted by atomic mass is 10.1. The van der Waals surface area contributed by atoms with E-state index in [1.54, 1.807) is 7.11 Å². The molecule has 28 heavy (non-hydrogen) atoms. The first-order chi connectivity index (χ1) is 13.6. The van der Waals surface area contributed by atoms with E-state index in [-0.39, 0.29) is 11.9 Å². The number of benzene rings is 2. The number of ether oxygens (including phenoxy) is 1. The fourth-order valence-electron chi connectivity index (χ4n) is 3.65. The first-order valence-electron chi connectivity index (χ1n) is 9.47. The SMILES string of the molecule is COc1ccc(-c2noc(C3CCCN3C(=O)Cc3cccc(C)c3)n2)cc1. The summed E-state index contributed by atoms with van der Waals surface area (Å²) in [5.74, 6) is 1.89. The number of methoxy groups -OCH3 is 1. The number of aromatic nitrogens is 2. The molecule has 1 aliphatic heterocycles. The standard InChI is InChI=1S/C22H23N3O3/c1-15-5-3-6-16(13-15)14-20(26)25-12-4-7-19(25)22-23-21(24-28-22)17-8-10-18(27-2)11-9-17/h3,5-6,8-11,13,19H,4,7,12,14H2,1-2H3. The molecule has 1 amide bonds. The fraction of sp³-hybridized carbons (Fsp3) is 0.318. The second-order valence-electron chi connectivity index (χ2n) is 7.10. The highest BCUT2D eigenvalue weighted by Gasteiger charge is 2.34. The molecule has 2 heterocycles. The van der Waals surface area contributed by atoms with E-state index in [9.17, 15) is 4.79 Å². The zero-order valence-electron chi connectivity index (χ0n) is 16.1. The Morgan fingerprint density at radius 1 is 1.25 bits per heavy atom. The average Bonchev–Trinajstić information content (AvgIpc) is 3.37. The lowest BCUT2D eigenvalue weighted by Gasteiger charge is -2.22. The molecule has 0 spiro atoms. The van der Waals surface area contributed by atoms with Gasteiger partial charge in [-0.2, -0.15) is 4.98 Å². The number of rotatable bonds is 5. The number of carbonyl (C=O) groups excluding carboxylic acids is 1. The van der Waals surface area contributed by atoms with Crippen molar-refractivity contribution in [3.05, 3.63) is 65.5 Å². The third-order valence-electron chi connectivity index (χ3n) is 5.09. The summed E-state index contributed by atoms with van der Waals surface area (Å²) in [4.78, 5) is 19.3. The number of hydrogen-bond donors (Lipinski definition) is 0. The molecule has 0 bridgehead atoms. The Hall–Kier alpha value is -3.15. The average molecular weight is 377 g/mol. The third kappa shape index (κ3) is 3.76. The Morgan fingerprint density at radius 3 is 2.82 bits per heavy atom. The summed E-state index contributed by atoms with van der Waals surface area (Å²) < 4.78 is 10.7. The topological polar surface area (TPSA) is 68.5 Å². The van der Waals surface area contributed by atoms with Crippen molar-refractivity contribution in [2.24, 2.45) is 0 Å². The maximum Gasteiger partial charge on any atom is 0.249 e. The number of amides is 1. The molecule has 6 heteroatoms. The number of likely N-dealkylation sites (tertiary alicyclic amines) is 1. The van der Waals surface area contributed by atoms with Crippen LogP contribution < -0.4 is 4.74 Å². The number of nitrogens with zero attached hydrogens (tertiary/aromatic N) is 3. The monoisotopic (exact) mass is 377 g/mol. The van der Waals surface area contributed by atoms with Gasteiger partial charge in [0.25, 0.3) is 0 Å². The van der Waals surface area contributed by atoms with Crippen LogP contribution in [0.5, 0.6) is 5.75 Å². The molecule has 0 N–H and O–H groups in total. The van der Waals surface area contributed by atoms with Gasteiger partial charge in [0.15, 0.2) is 0 Å². The van der Waals surface area contributed by atoms with E-state index in [0.29, 0.717) is 18.1 Å². The Labute approximate surface area is 164 Å². The molecule has 0 radical (unpaired) electrons. The highest BCUT2D eigenvalue weighted by Crippen LogP contribution is 2.32. The van der Waals surface area contributed by atoms with Gasteiger partial charge in [-0.25, -0.2) is 0 Å². The Kier molecular flexibility index (Phi) is 5.10. The first-order valence-corrected chi connectivity index (χ1v) is 9.47. The van der Waals surface area contributed by atoms with Crippen LogP contribution in [0.15, 0.2) is 53.1 Å². The van der Waals surface area contributed by atoms with E-state index in [1.165, 1.54) is 0 Å². The van der Waals surface area contributed by atoms with Crippen LogP contribution in [-0.2, 0) is 11.2 Å². The molecule has 1 atom stereocenters. The normalized spacial score (nSPS) is 16.4. The van der Waals surface area contributed by atoms with E-state index in [1.807, 2.05) is 54.3 Å². The van der Waals surface area contributed by atoms with Crippen molar-refractivity contribution in [2.45, 2.75) is 32.2 Å². The molecule has 6 nitrogen and oxygen atoms in total. The Morgan fingerprint density at radius 2 is 2.07 bits per heavy atom. The quantitative estimate of drug-likeness (QED) is 0.673. The van der Waals surface area contributed by atoms with Crippen molar-refractivity contribution >= 4 is 5.91 Å². The molecular weight excluding hydrogens is 354 g/mol. The fourth-order valence-corrected chi connectivity index (χ4v) is 3.65. The third-order valence-corrected chi connectivity index (χ3v) is 5.09. The predicted molar refractivity (Wildman–Crippen MR) is 105 cm³/mol. The summed E-state index contributed by atoms with van der Waals surface area (Å²) in [6.45, 7) is 2.75. The van der Waals surface area contributed by atoms with Gasteiger partial charge < -0.3 is 14.2 Å². The lowest BCUT2D eigenvalue weighted by molar-refractivity contribution is -0.131. The minimum atomic E-state index is -0.156. The smallest absolute Gasteiger partial charge is 0.249 e. The molecule has 0 saturated carbocycles. The zero-order chi connectivity index (χ0) is 19.5. The molecule has 0 aliphatic carbocycles. The van der Waals surface area contributed by atoms with Crippen LogP contribution >= 0.6 is 0 Å². The van der Waals surface area contributed by atoms with E-state index in [2.05, 4.69) is 16.2 Å². The zero-order valence-corrected chi connectivity index (χ0v) is 16.1. The number of hydrogen-bond acceptors (Lipinski definition) is 5. The largest absolute Gasteiger partial charge is 0.497 e. The van der Waals surface area contributed by atoms with Crippen LogP contribution in [-0.4, -0.2) is 34.6 Å². The molecule has 1 fully saturated rings. The van der Waals surface area contributed by atoms with Crippen molar-refractivity contribution in [1.29, 1.82) is 0 Å². The van der Waals surface area contributed by atoms with Crippen LogP contribution in [0.2, 0.25) is 0 Å². The van der Waals surface area contributed by atoms with E-state index < -0.39 is 0 Å². The minimum Gasteiger partial charge on any atom is -0.497 e. The van der Waals surface area contributed by atoms with Gasteiger partial charge in [-0.3, -0.25) is 4.79 Å². The molecule has 1 saturated heterocycles. The van der Waals surface area contributed by atoms with Gasteiger partial charge in [-0.05, 0) is 49.6 Å². The minimum absolute atomic E-state index is 0.0947. The van der Waals surface area contributed by atoms with Gasteiger partial charge in [-0.1, -0.05) is 35.0 Å². The molecule has 1 aliphatic rings. The van der Waals surface area contributed by atoms with Crippen molar-refractivity contribution in [1.82, 2.24) is 15.0 Å². The molecule has 2 aromatic carbocycles. The van der Waals surface area contributed by atoms with Crippen molar-refractivity contribution in [3.63, 3.8) is 0 Å². The Balaban J connectivity index is 1.50. The highest BCUT2D eigenvalue weighted by molar-refractivity contribution is 5.79. The van der Waals surface area contributed by atoms with Crippen LogP contribution in [0.25, 0.3) is 11.4 Å². The summed E-state index contributed by atoms with van der Waals surface area (Å²) in [5.41, 5.74) is 3.04. The summed E-state index contributed by atoms with van der Waals surface area (Å²) in [6.07, 6.45) is 2.16. The highest BCUT2D eigenvalue weighted by atomic mass is 16.5. The van der Waals surface area contributed by atoms with Gasteiger partial charge in [-0.15, -0.1) is 0 Å². The molecular formula is C22H23N3O3. The van der Waals surface area contributed by atoms with Gasteiger partial charge in [0.1, 0.15) is 11.8 Å². The summed E-state index contributed by atoms with van der Waals surface area (Å²) in [5, 5.41) is 4.11. The summed E-state index contributed by atoms with van der Waals surface area (Å²) in [7, 11) is 1.63. The maximum atomic E-state index is 12.9. The molecule has 144 valence electrons. The molecule has 1 aromatic heterocycles. The van der Waals surface area contributed by atoms with Gasteiger partial charge in [0.2, 0.25) is 17.6 Å². The summed E-state index contributed by atoms with van der Waals surface area (Å²) >= 11 is 0. The lowest BCUT2D eigenvalue weighted by Crippen LogP contribution is -2.32. The van der Waals surface area contributed by atoms with Crippen LogP contribution in [0, 0.1) is 6.92 Å². The maximum absolute atomic E-state index is 12.9. The van der Waals surface area contributed by atoms with Crippen molar-refractivity contribution < 1.29 is 14.1 Å². The van der Waals surface area contributed by atoms with Crippen LogP contribution in [0.1, 0.15) is 35.9 Å². The summed E-state index contributed by atoms with van der Waals surface area (Å²) in [6, 6.07) is 15.4. The molecule has 3 aromatic rings. The van der Waals surface area contributed by atoms with Gasteiger partial charge >= 0.3 is 0 Å². The molecule has 4 rings (SSSR count). The number of aryl methyl sites for hydroxylation is 1. The van der Waals surface area contributed by atoms with Crippen molar-refractivity contribution in [2.75, 3.05) is 13.7 Å². The van der Waals surface area contributed by atoms with E-state index >= 15 is 0 Å². The van der Waals surface area contributed by atoms with Crippen LogP contribution in [0.4, 0.5) is 0 Å². The van der Waals surface area contributed by atoms with E-state index in [0.717, 1.165) is 41.8 Å². The molecule has 1 unspecified atom stereocenters. The second kappa shape index (κ2) is 7.84. The van der Waals surface area contributed by atoms with Gasteiger partial charge in [0, 0.05) is 12.1 Å². The van der Waals surface area contributed by atoms with Gasteiger partial charge in [0.05, 0.1) is 13.5 Å². The van der Waals surface area contributed by atoms with E-state index in [4.69, 9.17) is 9.26 Å². The first kappa shape index (κ1) is 18.2. The van der Waals surface area contributed by atoms with Crippen LogP contribution in [0.3, 0.4) is 0 Å². The number of carbonyl (C=O) groups is 1. The predicted octanol–water partition coefficient (Wildman–Crippen LogP) is 3.96. The van der Waals surface area contributed by atoms with Crippen molar-refractivity contribution in [3.8, 4) is 17.1 Å².